The number of carbonyl (C=O) groups is 3. The third-order valence-electron chi connectivity index (χ3n) is 4.22. The van der Waals surface area contributed by atoms with Crippen LogP contribution in [-0.2, 0) is 4.79 Å². The molecule has 0 fully saturated rings. The second-order valence-electron chi connectivity index (χ2n) is 6.35. The molecule has 0 saturated carbocycles. The fraction of sp³-hybridized carbons (Fsp3) is 0.0417. The largest absolute Gasteiger partial charge is 0.479 e. The average molecular weight is 401 g/mol. The number of hydrogen-bond acceptors (Lipinski definition) is 4. The van der Waals surface area contributed by atoms with E-state index in [-0.39, 0.29) is 11.5 Å². The van der Waals surface area contributed by atoms with Crippen molar-refractivity contribution in [3.8, 4) is 5.75 Å². The molecule has 0 heterocycles. The van der Waals surface area contributed by atoms with Crippen molar-refractivity contribution in [3.63, 3.8) is 0 Å². The monoisotopic (exact) mass is 401 g/mol. The maximum absolute atomic E-state index is 12.1. The van der Waals surface area contributed by atoms with Crippen LogP contribution in [0.1, 0.15) is 27.5 Å². The van der Waals surface area contributed by atoms with Crippen LogP contribution in [0.4, 0.5) is 4.79 Å². The van der Waals surface area contributed by atoms with E-state index in [0.717, 1.165) is 5.56 Å². The molecule has 0 spiro atoms. The van der Waals surface area contributed by atoms with Crippen molar-refractivity contribution in [1.82, 2.24) is 5.32 Å². The molecule has 1 unspecified atom stereocenters. The van der Waals surface area contributed by atoms with E-state index in [2.05, 4.69) is 5.32 Å². The number of carboxylic acid groups (broad SMARTS) is 1. The maximum atomic E-state index is 12.1. The van der Waals surface area contributed by atoms with E-state index in [4.69, 9.17) is 4.74 Å². The van der Waals surface area contributed by atoms with Gasteiger partial charge in [-0.15, -0.1) is 0 Å². The van der Waals surface area contributed by atoms with Crippen molar-refractivity contribution in [3.05, 3.63) is 108 Å². The van der Waals surface area contributed by atoms with Crippen LogP contribution in [0.3, 0.4) is 0 Å². The van der Waals surface area contributed by atoms with Gasteiger partial charge in [0, 0.05) is 5.56 Å². The lowest BCUT2D eigenvalue weighted by atomic mass is 10.1. The Morgan fingerprint density at radius 3 is 2.03 bits per heavy atom. The average Bonchev–Trinajstić information content (AvgIpc) is 2.78. The molecule has 3 rings (SSSR count). The molecule has 0 bridgehead atoms. The summed E-state index contributed by atoms with van der Waals surface area (Å²) in [6.07, 6.45) is 2.25. The first-order valence-electron chi connectivity index (χ1n) is 9.16. The van der Waals surface area contributed by atoms with Crippen molar-refractivity contribution in [1.29, 1.82) is 0 Å². The molecule has 0 radical (unpaired) electrons. The first-order valence-corrected chi connectivity index (χ1v) is 9.16. The van der Waals surface area contributed by atoms with Crippen molar-refractivity contribution in [2.75, 3.05) is 0 Å². The number of benzene rings is 3. The summed E-state index contributed by atoms with van der Waals surface area (Å²) >= 11 is 0. The highest BCUT2D eigenvalue weighted by molar-refractivity contribution is 6.06. The number of amides is 1. The quantitative estimate of drug-likeness (QED) is 0.449. The summed E-state index contributed by atoms with van der Waals surface area (Å²) in [5.41, 5.74) is 1.78. The van der Waals surface area contributed by atoms with Crippen molar-refractivity contribution < 1.29 is 24.2 Å². The number of aliphatic carboxylic acids is 1. The third kappa shape index (κ3) is 5.65. The Balaban J connectivity index is 1.59. The van der Waals surface area contributed by atoms with E-state index in [1.165, 1.54) is 6.08 Å². The molecule has 3 aromatic rings. The first kappa shape index (κ1) is 20.5. The molecule has 6 nitrogen and oxygen atoms in total. The number of ketones is 1. The number of rotatable bonds is 7. The highest BCUT2D eigenvalue weighted by Crippen LogP contribution is 2.16. The van der Waals surface area contributed by atoms with E-state index >= 15 is 0 Å². The van der Waals surface area contributed by atoms with Crippen LogP contribution in [-0.4, -0.2) is 23.0 Å². The fourth-order valence-electron chi connectivity index (χ4n) is 2.71. The Hall–Kier alpha value is -4.19. The maximum Gasteiger partial charge on any atom is 0.413 e. The molecular weight excluding hydrogens is 382 g/mol. The minimum atomic E-state index is -1.22. The minimum Gasteiger partial charge on any atom is -0.479 e. The van der Waals surface area contributed by atoms with Crippen LogP contribution in [0.15, 0.2) is 91.0 Å². The van der Waals surface area contributed by atoms with E-state index in [0.29, 0.717) is 11.1 Å². The summed E-state index contributed by atoms with van der Waals surface area (Å²) in [6.45, 7) is 0. The lowest BCUT2D eigenvalue weighted by Gasteiger charge is -2.14. The van der Waals surface area contributed by atoms with Crippen LogP contribution in [0.2, 0.25) is 0 Å². The molecule has 0 aliphatic rings. The van der Waals surface area contributed by atoms with E-state index in [1.54, 1.807) is 84.9 Å². The van der Waals surface area contributed by atoms with Gasteiger partial charge in [-0.25, -0.2) is 9.59 Å². The second-order valence-corrected chi connectivity index (χ2v) is 6.35. The van der Waals surface area contributed by atoms with Crippen LogP contribution in [0.5, 0.6) is 5.75 Å². The second kappa shape index (κ2) is 9.84. The van der Waals surface area contributed by atoms with E-state index in [9.17, 15) is 19.5 Å². The molecule has 2 N–H and O–H groups in total. The number of allylic oxidation sites excluding steroid dienone is 1. The SMILES string of the molecule is O=C(NC(C(=O)O)c1ccccc1)Oc1ccc(C=CC(=O)c2ccccc2)cc1. The van der Waals surface area contributed by atoms with Crippen molar-refractivity contribution in [2.45, 2.75) is 6.04 Å². The van der Waals surface area contributed by atoms with Crippen molar-refractivity contribution in [2.24, 2.45) is 0 Å². The molecule has 0 aliphatic carbocycles. The zero-order valence-electron chi connectivity index (χ0n) is 15.9. The summed E-state index contributed by atoms with van der Waals surface area (Å²) in [5, 5.41) is 11.7. The first-order chi connectivity index (χ1) is 14.5. The Morgan fingerprint density at radius 1 is 0.833 bits per heavy atom. The summed E-state index contributed by atoms with van der Waals surface area (Å²) in [5.74, 6) is -1.06. The van der Waals surface area contributed by atoms with Gasteiger partial charge in [0.15, 0.2) is 11.8 Å². The predicted molar refractivity (Wildman–Crippen MR) is 112 cm³/mol. The molecule has 1 atom stereocenters. The van der Waals surface area contributed by atoms with Gasteiger partial charge in [0.1, 0.15) is 5.75 Å². The zero-order valence-corrected chi connectivity index (χ0v) is 15.9. The van der Waals surface area contributed by atoms with Gasteiger partial charge in [0.2, 0.25) is 0 Å². The van der Waals surface area contributed by atoms with Crippen LogP contribution in [0, 0.1) is 0 Å². The van der Waals surface area contributed by atoms with Gasteiger partial charge in [0.05, 0.1) is 0 Å². The van der Waals surface area contributed by atoms with Gasteiger partial charge in [0.25, 0.3) is 0 Å². The van der Waals surface area contributed by atoms with Gasteiger partial charge in [-0.2, -0.15) is 0 Å². The summed E-state index contributed by atoms with van der Waals surface area (Å²) in [4.78, 5) is 35.7. The Bertz CT molecular complexity index is 1040. The molecule has 0 aliphatic heterocycles. The number of hydrogen-bond donors (Lipinski definition) is 2. The fourth-order valence-corrected chi connectivity index (χ4v) is 2.71. The van der Waals surface area contributed by atoms with Gasteiger partial charge in [-0.1, -0.05) is 78.9 Å². The molecule has 150 valence electrons. The lowest BCUT2D eigenvalue weighted by molar-refractivity contribution is -0.139. The standard InChI is InChI=1S/C24H19NO5/c26-21(18-7-3-1-4-8-18)16-13-17-11-14-20(15-12-17)30-24(29)25-22(23(27)28)19-9-5-2-6-10-19/h1-16,22H,(H,25,29)(H,27,28). The minimum absolute atomic E-state index is 0.115. The van der Waals surface area contributed by atoms with Gasteiger partial charge in [-0.3, -0.25) is 4.79 Å². The number of nitrogens with one attached hydrogen (secondary N) is 1. The van der Waals surface area contributed by atoms with Gasteiger partial charge in [-0.05, 0) is 29.3 Å². The van der Waals surface area contributed by atoms with Crippen LogP contribution < -0.4 is 10.1 Å². The number of ether oxygens (including phenoxy) is 1. The molecule has 1 amide bonds. The highest BCUT2D eigenvalue weighted by atomic mass is 16.6. The summed E-state index contributed by atoms with van der Waals surface area (Å²) < 4.78 is 5.16. The van der Waals surface area contributed by atoms with Gasteiger partial charge >= 0.3 is 12.1 Å². The van der Waals surface area contributed by atoms with E-state index < -0.39 is 18.1 Å². The zero-order chi connectivity index (χ0) is 21.3. The normalized spacial score (nSPS) is 11.6. The molecule has 30 heavy (non-hydrogen) atoms. The molecule has 6 heteroatoms. The molecule has 0 saturated heterocycles. The van der Waals surface area contributed by atoms with E-state index in [1.807, 2.05) is 6.07 Å². The predicted octanol–water partition coefficient (Wildman–Crippen LogP) is 4.50. The molecule has 0 aromatic heterocycles. The van der Waals surface area contributed by atoms with Crippen molar-refractivity contribution >= 4 is 23.9 Å². The highest BCUT2D eigenvalue weighted by Gasteiger charge is 2.22. The van der Waals surface area contributed by atoms with Gasteiger partial charge < -0.3 is 15.2 Å². The molecular formula is C24H19NO5. The number of carbonyl (C=O) groups excluding carboxylic acids is 2. The van der Waals surface area contributed by atoms with Crippen LogP contribution >= 0.6 is 0 Å². The number of carboxylic acids is 1. The smallest absolute Gasteiger partial charge is 0.413 e. The Kier molecular flexibility index (Phi) is 6.74. The Labute approximate surface area is 173 Å². The topological polar surface area (TPSA) is 92.7 Å². The third-order valence-corrected chi connectivity index (χ3v) is 4.22. The van der Waals surface area contributed by atoms with Crippen LogP contribution in [0.25, 0.3) is 6.08 Å². The summed E-state index contributed by atoms with van der Waals surface area (Å²) in [7, 11) is 0. The Morgan fingerprint density at radius 2 is 1.43 bits per heavy atom. The summed E-state index contributed by atoms with van der Waals surface area (Å²) in [6, 6.07) is 22.5. The molecule has 3 aromatic carbocycles. The lowest BCUT2D eigenvalue weighted by Crippen LogP contribution is -2.35.